The van der Waals surface area contributed by atoms with E-state index in [2.05, 4.69) is 35.9 Å². The molecular weight excluding hydrogens is 885 g/mol. The standard InChI is InChI=1S/C55H78N8O7/c1-36(2)63(52(70)55(9,46-32-57-35-59-46)62-50(68)41(29-48(66)54(6,7)8)26-38-21-15-11-16-22-38)33-45(64)43(27-39-23-17-12-18-24-39)60-51(69)44(30-42-31-56-34-58-42)61-49(67)40(28-47(65)53(3,4)5)25-37-19-13-10-14-20-37/h10-11,13-16,19-22,31-32,34-36,39-41,43-45,64H,12,17-18,23-30,33H2,1-9H3,(H,56,58)(H,57,59)(H,60,69)(H,61,67)(H,62,68)/t40-,41-,43+,44+,45+,55+/m1/s1. The first-order chi connectivity index (χ1) is 33.0. The molecule has 0 radical (unpaired) electrons. The maximum absolute atomic E-state index is 15.2. The molecule has 2 heterocycles. The van der Waals surface area contributed by atoms with E-state index < -0.39 is 76.1 Å². The molecule has 1 aliphatic carbocycles. The summed E-state index contributed by atoms with van der Waals surface area (Å²) >= 11 is 0. The van der Waals surface area contributed by atoms with Crippen LogP contribution in [0.1, 0.15) is 136 Å². The number of nitrogens with zero attached hydrogens (tertiary/aromatic N) is 3. The van der Waals surface area contributed by atoms with Crippen LogP contribution in [0.25, 0.3) is 0 Å². The molecule has 0 unspecified atom stereocenters. The van der Waals surface area contributed by atoms with Gasteiger partial charge in [-0.15, -0.1) is 0 Å². The van der Waals surface area contributed by atoms with Crippen LogP contribution in [-0.2, 0) is 53.6 Å². The predicted molar refractivity (Wildman–Crippen MR) is 270 cm³/mol. The lowest BCUT2D eigenvalue weighted by Crippen LogP contribution is -2.61. The molecule has 4 aromatic rings. The van der Waals surface area contributed by atoms with Crippen LogP contribution in [-0.4, -0.2) is 95.9 Å². The number of amides is 4. The number of Topliss-reactive ketones (excluding diaryl/α,β-unsaturated/α-hetero) is 2. The van der Waals surface area contributed by atoms with Crippen molar-refractivity contribution in [1.29, 1.82) is 0 Å². The average Bonchev–Trinajstić information content (AvgIpc) is 4.06. The van der Waals surface area contributed by atoms with Gasteiger partial charge in [0.15, 0.2) is 5.54 Å². The van der Waals surface area contributed by atoms with Crippen molar-refractivity contribution in [2.45, 2.75) is 163 Å². The molecule has 6 N–H and O–H groups in total. The Labute approximate surface area is 414 Å². The first-order valence-electron chi connectivity index (χ1n) is 25.1. The summed E-state index contributed by atoms with van der Waals surface area (Å²) < 4.78 is 0. The molecule has 2 aromatic carbocycles. The normalized spacial score (nSPS) is 16.5. The lowest BCUT2D eigenvalue weighted by atomic mass is 9.82. The van der Waals surface area contributed by atoms with Crippen LogP contribution >= 0.6 is 0 Å². The topological polar surface area (TPSA) is 219 Å². The van der Waals surface area contributed by atoms with Crippen LogP contribution in [0.2, 0.25) is 0 Å². The van der Waals surface area contributed by atoms with E-state index in [0.717, 1.165) is 43.2 Å². The quantitative estimate of drug-likeness (QED) is 0.0427. The Morgan fingerprint density at radius 1 is 0.686 bits per heavy atom. The van der Waals surface area contributed by atoms with Gasteiger partial charge in [-0.25, -0.2) is 9.97 Å². The van der Waals surface area contributed by atoms with Crippen molar-refractivity contribution in [3.8, 4) is 0 Å². The van der Waals surface area contributed by atoms with Crippen molar-refractivity contribution < 1.29 is 33.9 Å². The number of aromatic nitrogens is 4. The van der Waals surface area contributed by atoms with E-state index in [1.807, 2.05) is 116 Å². The zero-order chi connectivity index (χ0) is 51.2. The number of benzene rings is 2. The van der Waals surface area contributed by atoms with E-state index >= 15 is 4.79 Å². The van der Waals surface area contributed by atoms with Crippen LogP contribution in [0, 0.1) is 28.6 Å². The van der Waals surface area contributed by atoms with E-state index in [1.54, 1.807) is 19.3 Å². The number of aliphatic hydroxyl groups is 1. The van der Waals surface area contributed by atoms with E-state index in [1.165, 1.54) is 17.6 Å². The van der Waals surface area contributed by atoms with Gasteiger partial charge in [0.25, 0.3) is 5.91 Å². The Balaban J connectivity index is 1.44. The second-order valence-electron chi connectivity index (χ2n) is 21.9. The van der Waals surface area contributed by atoms with Gasteiger partial charge in [0.05, 0.1) is 36.2 Å². The Hall–Kier alpha value is -5.96. The lowest BCUT2D eigenvalue weighted by Gasteiger charge is -2.40. The molecule has 0 aliphatic heterocycles. The molecule has 2 aromatic heterocycles. The summed E-state index contributed by atoms with van der Waals surface area (Å²) in [7, 11) is 0. The highest BCUT2D eigenvalue weighted by molar-refractivity contribution is 5.95. The predicted octanol–water partition coefficient (Wildman–Crippen LogP) is 6.97. The molecule has 1 aliphatic rings. The van der Waals surface area contributed by atoms with Crippen molar-refractivity contribution in [3.05, 3.63) is 108 Å². The number of imidazole rings is 2. The van der Waals surface area contributed by atoms with Crippen molar-refractivity contribution in [1.82, 2.24) is 40.8 Å². The second-order valence-corrected chi connectivity index (χ2v) is 21.9. The molecule has 0 saturated heterocycles. The summed E-state index contributed by atoms with van der Waals surface area (Å²) in [5.74, 6) is -3.60. The van der Waals surface area contributed by atoms with Crippen molar-refractivity contribution in [2.24, 2.45) is 28.6 Å². The van der Waals surface area contributed by atoms with Gasteiger partial charge in [0, 0.05) is 66.9 Å². The zero-order valence-corrected chi connectivity index (χ0v) is 42.8. The molecule has 4 amide bonds. The molecule has 15 nitrogen and oxygen atoms in total. The van der Waals surface area contributed by atoms with Gasteiger partial charge in [-0.2, -0.15) is 0 Å². The first kappa shape index (κ1) is 55.0. The molecule has 6 atom stereocenters. The molecule has 0 bridgehead atoms. The van der Waals surface area contributed by atoms with Crippen LogP contribution in [0.4, 0.5) is 0 Å². The minimum Gasteiger partial charge on any atom is -0.389 e. The van der Waals surface area contributed by atoms with Gasteiger partial charge in [-0.3, -0.25) is 28.8 Å². The molecule has 5 rings (SSSR count). The largest absolute Gasteiger partial charge is 0.389 e. The molecule has 1 fully saturated rings. The van der Waals surface area contributed by atoms with Gasteiger partial charge >= 0.3 is 0 Å². The summed E-state index contributed by atoms with van der Waals surface area (Å²) in [6.07, 6.45) is 10.7. The minimum atomic E-state index is -1.74. The van der Waals surface area contributed by atoms with Gasteiger partial charge in [0.2, 0.25) is 17.7 Å². The Morgan fingerprint density at radius 2 is 1.21 bits per heavy atom. The van der Waals surface area contributed by atoms with Gasteiger partial charge in [0.1, 0.15) is 17.6 Å². The number of ketones is 2. The van der Waals surface area contributed by atoms with Crippen LogP contribution < -0.4 is 16.0 Å². The molecule has 70 heavy (non-hydrogen) atoms. The molecule has 15 heteroatoms. The van der Waals surface area contributed by atoms with Crippen molar-refractivity contribution in [2.75, 3.05) is 6.54 Å². The zero-order valence-electron chi connectivity index (χ0n) is 42.8. The Bertz CT molecular complexity index is 2300. The fraction of sp³-hybridized carbons (Fsp3) is 0.564. The molecule has 0 spiro atoms. The van der Waals surface area contributed by atoms with Gasteiger partial charge in [-0.05, 0) is 57.1 Å². The highest BCUT2D eigenvalue weighted by Crippen LogP contribution is 2.31. The number of carbonyl (C=O) groups excluding carboxylic acids is 6. The third-order valence-electron chi connectivity index (χ3n) is 13.7. The number of H-pyrrole nitrogens is 2. The molecular formula is C55H78N8O7. The van der Waals surface area contributed by atoms with Gasteiger partial charge < -0.3 is 35.9 Å². The number of rotatable bonds is 24. The maximum atomic E-state index is 15.2. The molecule has 1 saturated carbocycles. The second kappa shape index (κ2) is 24.7. The summed E-state index contributed by atoms with van der Waals surface area (Å²) in [5, 5.41) is 21.5. The van der Waals surface area contributed by atoms with E-state index in [9.17, 15) is 29.1 Å². The van der Waals surface area contributed by atoms with Gasteiger partial charge in [-0.1, -0.05) is 134 Å². The number of aromatic amines is 2. The average molecular weight is 963 g/mol. The third kappa shape index (κ3) is 15.8. The number of hydrogen-bond donors (Lipinski definition) is 6. The summed E-state index contributed by atoms with van der Waals surface area (Å²) in [6.45, 7) is 15.9. The van der Waals surface area contributed by atoms with E-state index in [4.69, 9.17) is 0 Å². The maximum Gasteiger partial charge on any atom is 0.254 e. The Kier molecular flexibility index (Phi) is 19.4. The third-order valence-corrected chi connectivity index (χ3v) is 13.7. The monoisotopic (exact) mass is 963 g/mol. The summed E-state index contributed by atoms with van der Waals surface area (Å²) in [6, 6.07) is 16.4. The first-order valence-corrected chi connectivity index (χ1v) is 25.1. The Morgan fingerprint density at radius 3 is 1.70 bits per heavy atom. The number of aliphatic hydroxyl groups excluding tert-OH is 1. The molecule has 380 valence electrons. The SMILES string of the molecule is CC(C)N(C[C@H](O)[C@H](CC1CCCCC1)NC(=O)[C@H](Cc1c[nH]cn1)NC(=O)[C@@H](CC(=O)C(C)(C)C)Cc1ccccc1)C(=O)[C@@](C)(NC(=O)[C@@H](CC(=O)C(C)(C)C)Cc1ccccc1)c1c[nH]cn1. The van der Waals surface area contributed by atoms with Crippen LogP contribution in [0.15, 0.2) is 85.7 Å². The fourth-order valence-corrected chi connectivity index (χ4v) is 9.11. The number of carbonyl (C=O) groups is 6. The lowest BCUT2D eigenvalue weighted by molar-refractivity contribution is -0.146. The van der Waals surface area contributed by atoms with Crippen LogP contribution in [0.5, 0.6) is 0 Å². The van der Waals surface area contributed by atoms with Crippen molar-refractivity contribution >= 4 is 35.2 Å². The summed E-state index contributed by atoms with van der Waals surface area (Å²) in [4.78, 5) is 102. The number of hydrogen-bond acceptors (Lipinski definition) is 9. The highest BCUT2D eigenvalue weighted by atomic mass is 16.3. The highest BCUT2D eigenvalue weighted by Gasteiger charge is 2.45. The van der Waals surface area contributed by atoms with Crippen molar-refractivity contribution in [3.63, 3.8) is 0 Å². The van der Waals surface area contributed by atoms with E-state index in [-0.39, 0.29) is 61.8 Å². The fourth-order valence-electron chi connectivity index (χ4n) is 9.11. The van der Waals surface area contributed by atoms with E-state index in [0.29, 0.717) is 12.1 Å². The smallest absolute Gasteiger partial charge is 0.254 e. The summed E-state index contributed by atoms with van der Waals surface area (Å²) in [5.41, 5.74) is -0.621. The van der Waals surface area contributed by atoms with Crippen LogP contribution in [0.3, 0.4) is 0 Å². The number of nitrogens with one attached hydrogen (secondary N) is 5. The minimum absolute atomic E-state index is 0.0244.